The van der Waals surface area contributed by atoms with E-state index >= 15 is 0 Å². The molecule has 164 valence electrons. The van der Waals surface area contributed by atoms with Crippen LogP contribution >= 0.6 is 0 Å². The molecule has 0 radical (unpaired) electrons. The third-order valence-corrected chi connectivity index (χ3v) is 9.22. The molecule has 3 unspecified atom stereocenters. The van der Waals surface area contributed by atoms with Crippen LogP contribution in [0.5, 0.6) is 0 Å². The molecule has 0 N–H and O–H groups in total. The molecule has 0 heterocycles. The Balaban J connectivity index is 0.000000177. The van der Waals surface area contributed by atoms with Gasteiger partial charge in [0.1, 0.15) is 0 Å². The van der Waals surface area contributed by atoms with Gasteiger partial charge in [0, 0.05) is 0 Å². The highest BCUT2D eigenvalue weighted by molar-refractivity contribution is 7.87. The summed E-state index contributed by atoms with van der Waals surface area (Å²) in [6.07, 6.45) is -2.39. The topological polar surface area (TPSA) is 43.4 Å². The summed E-state index contributed by atoms with van der Waals surface area (Å²) in [5.41, 5.74) is 0. The minimum Gasteiger partial charge on any atom is -0.262 e. The fourth-order valence-corrected chi connectivity index (χ4v) is 6.90. The van der Waals surface area contributed by atoms with E-state index in [1.165, 1.54) is 7.14 Å². The summed E-state index contributed by atoms with van der Waals surface area (Å²) in [5, 5.41) is -5.13. The summed E-state index contributed by atoms with van der Waals surface area (Å²) in [6, 6.07) is 21.4. The number of hydrogen-bond acceptors (Lipinski definition) is 3. The zero-order valence-corrected chi connectivity index (χ0v) is 18.9. The van der Waals surface area contributed by atoms with Crippen LogP contribution in [0.2, 0.25) is 0 Å². The molecule has 2 saturated carbocycles. The van der Waals surface area contributed by atoms with E-state index in [-0.39, 0.29) is 33.0 Å². The highest BCUT2D eigenvalue weighted by Gasteiger charge is 2.57. The van der Waals surface area contributed by atoms with Gasteiger partial charge in [-0.15, -0.1) is 0 Å². The summed E-state index contributed by atoms with van der Waals surface area (Å²) < 4.78 is 78.8. The highest BCUT2D eigenvalue weighted by atomic mass is 127. The van der Waals surface area contributed by atoms with Crippen molar-refractivity contribution >= 4 is 10.1 Å². The Morgan fingerprint density at radius 2 is 1.43 bits per heavy atom. The quantitative estimate of drug-likeness (QED) is 0.311. The summed E-state index contributed by atoms with van der Waals surface area (Å²) in [5.74, 6) is 0.184. The summed E-state index contributed by atoms with van der Waals surface area (Å²) >= 11 is 0.0287. The molecule has 2 aliphatic carbocycles. The predicted octanol–water partition coefficient (Wildman–Crippen LogP) is 2.19. The number of alkyl halides is 4. The standard InChI is InChI=1S/C12H10I.C9H12F4O3S/c1-3-7-11(8-4-1)13-12-9-5-2-6-10-12;10-8(11)9(12,13)17(14,15)16-7-4-5-1-2-6(7)3-5/h1-10H;5-8H,1-4H2/q+1;. The third-order valence-electron chi connectivity index (χ3n) is 5.20. The molecule has 2 aliphatic rings. The van der Waals surface area contributed by atoms with Crippen molar-refractivity contribution in [3.05, 3.63) is 67.8 Å². The normalized spacial score (nSPS) is 23.3. The van der Waals surface area contributed by atoms with Crippen molar-refractivity contribution in [3.8, 4) is 0 Å². The number of benzene rings is 2. The molecule has 9 heteroatoms. The number of rotatable bonds is 6. The van der Waals surface area contributed by atoms with Crippen LogP contribution in [0.15, 0.2) is 60.7 Å². The molecule has 2 fully saturated rings. The Morgan fingerprint density at radius 1 is 0.900 bits per heavy atom. The molecule has 0 aromatic heterocycles. The maximum atomic E-state index is 12.8. The molecule has 0 spiro atoms. The van der Waals surface area contributed by atoms with Crippen LogP contribution in [0.25, 0.3) is 0 Å². The lowest BCUT2D eigenvalue weighted by Crippen LogP contribution is -3.61. The smallest absolute Gasteiger partial charge is 0.262 e. The van der Waals surface area contributed by atoms with E-state index in [1.54, 1.807) is 0 Å². The van der Waals surface area contributed by atoms with E-state index in [0.717, 1.165) is 12.8 Å². The average Bonchev–Trinajstić information content (AvgIpc) is 3.32. The average molecular weight is 557 g/mol. The van der Waals surface area contributed by atoms with Gasteiger partial charge >= 0.3 is 43.0 Å². The van der Waals surface area contributed by atoms with Gasteiger partial charge in [-0.1, -0.05) is 36.4 Å². The van der Waals surface area contributed by atoms with Crippen molar-refractivity contribution in [1.82, 2.24) is 0 Å². The molecule has 2 aromatic rings. The van der Waals surface area contributed by atoms with Gasteiger partial charge in [0.15, 0.2) is 7.14 Å². The van der Waals surface area contributed by atoms with Crippen molar-refractivity contribution < 1.29 is 51.4 Å². The molecule has 4 rings (SSSR count). The first-order chi connectivity index (χ1) is 14.2. The molecular weight excluding hydrogens is 535 g/mol. The van der Waals surface area contributed by atoms with Crippen LogP contribution in [-0.2, 0) is 14.3 Å². The monoisotopic (exact) mass is 557 g/mol. The Kier molecular flexibility index (Phi) is 7.78. The molecule has 2 bridgehead atoms. The Labute approximate surface area is 184 Å². The van der Waals surface area contributed by atoms with Crippen LogP contribution in [0, 0.1) is 19.0 Å². The van der Waals surface area contributed by atoms with E-state index in [1.807, 2.05) is 0 Å². The molecule has 3 atom stereocenters. The van der Waals surface area contributed by atoms with E-state index in [0.29, 0.717) is 12.8 Å². The van der Waals surface area contributed by atoms with Crippen LogP contribution < -0.4 is 21.2 Å². The second-order valence-electron chi connectivity index (χ2n) is 7.31. The largest absolute Gasteiger partial charge is 0.428 e. The van der Waals surface area contributed by atoms with Gasteiger partial charge in [-0.2, -0.15) is 17.2 Å². The highest BCUT2D eigenvalue weighted by Crippen LogP contribution is 2.47. The van der Waals surface area contributed by atoms with Crippen LogP contribution in [0.3, 0.4) is 0 Å². The first kappa shape index (κ1) is 23.5. The summed E-state index contributed by atoms with van der Waals surface area (Å²) in [4.78, 5) is 0. The van der Waals surface area contributed by atoms with Crippen molar-refractivity contribution in [1.29, 1.82) is 0 Å². The minimum atomic E-state index is -5.55. The number of halogens is 5. The maximum Gasteiger partial charge on any atom is 0.428 e. The lowest BCUT2D eigenvalue weighted by molar-refractivity contribution is -0.597. The summed E-state index contributed by atoms with van der Waals surface area (Å²) in [7, 11) is -5.55. The molecule has 0 aliphatic heterocycles. The first-order valence-corrected chi connectivity index (χ1v) is 13.1. The third kappa shape index (κ3) is 5.73. The predicted molar refractivity (Wildman–Crippen MR) is 100 cm³/mol. The lowest BCUT2D eigenvalue weighted by Gasteiger charge is -2.24. The minimum absolute atomic E-state index is 0.0287. The van der Waals surface area contributed by atoms with Crippen molar-refractivity contribution in [2.45, 2.75) is 43.5 Å². The van der Waals surface area contributed by atoms with Gasteiger partial charge in [-0.3, -0.25) is 4.18 Å². The van der Waals surface area contributed by atoms with Crippen LogP contribution in [-0.4, -0.2) is 26.2 Å². The Bertz CT molecular complexity index is 873. The van der Waals surface area contributed by atoms with Gasteiger partial charge in [0.2, 0.25) is 0 Å². The number of fused-ring (bicyclic) bond motifs is 2. The number of hydrogen-bond donors (Lipinski definition) is 0. The van der Waals surface area contributed by atoms with Gasteiger partial charge in [-0.05, 0) is 61.8 Å². The molecule has 0 amide bonds. The first-order valence-electron chi connectivity index (χ1n) is 9.53. The Morgan fingerprint density at radius 3 is 1.83 bits per heavy atom. The van der Waals surface area contributed by atoms with Gasteiger partial charge in [0.05, 0.1) is 6.10 Å². The zero-order chi connectivity index (χ0) is 21.8. The zero-order valence-electron chi connectivity index (χ0n) is 15.9. The van der Waals surface area contributed by atoms with E-state index in [9.17, 15) is 26.0 Å². The van der Waals surface area contributed by atoms with Gasteiger partial charge < -0.3 is 0 Å². The van der Waals surface area contributed by atoms with Gasteiger partial charge in [0.25, 0.3) is 0 Å². The second kappa shape index (κ2) is 9.95. The fourth-order valence-electron chi connectivity index (χ4n) is 3.72. The van der Waals surface area contributed by atoms with Crippen molar-refractivity contribution in [3.63, 3.8) is 0 Å². The molecule has 30 heavy (non-hydrogen) atoms. The fraction of sp³-hybridized carbons (Fsp3) is 0.429. The molecule has 2 aromatic carbocycles. The van der Waals surface area contributed by atoms with E-state index < -0.39 is 27.9 Å². The van der Waals surface area contributed by atoms with Gasteiger partial charge in [-0.25, -0.2) is 8.78 Å². The van der Waals surface area contributed by atoms with Crippen molar-refractivity contribution in [2.75, 3.05) is 0 Å². The van der Waals surface area contributed by atoms with Crippen molar-refractivity contribution in [2.24, 2.45) is 11.8 Å². The lowest BCUT2D eigenvalue weighted by atomic mass is 9.98. The molecule has 3 nitrogen and oxygen atoms in total. The summed E-state index contributed by atoms with van der Waals surface area (Å²) in [6.45, 7) is 0. The maximum absolute atomic E-state index is 12.8. The second-order valence-corrected chi connectivity index (χ2v) is 12.0. The van der Waals surface area contributed by atoms with Crippen LogP contribution in [0.1, 0.15) is 25.7 Å². The molecular formula is C21H22F4IO3S+. The van der Waals surface area contributed by atoms with E-state index in [4.69, 9.17) is 0 Å². The van der Waals surface area contributed by atoms with Crippen LogP contribution in [0.4, 0.5) is 17.6 Å². The van der Waals surface area contributed by atoms with E-state index in [2.05, 4.69) is 64.8 Å². The molecule has 0 saturated heterocycles. The SMILES string of the molecule is O=S(=O)(OC1CC2CCC1C2)C(F)(F)C(F)F.c1ccc([I+]c2ccccc2)cc1. The Hall–Kier alpha value is -1.20.